The average molecular weight is 231 g/mol. The van der Waals surface area contributed by atoms with E-state index in [1.165, 1.54) is 10.5 Å². The van der Waals surface area contributed by atoms with E-state index in [-0.39, 0.29) is 0 Å². The van der Waals surface area contributed by atoms with Gasteiger partial charge in [0.05, 0.1) is 4.90 Å². The molecule has 0 fully saturated rings. The molecule has 15 heavy (non-hydrogen) atoms. The van der Waals surface area contributed by atoms with Crippen LogP contribution in [-0.4, -0.2) is 44.9 Å². The summed E-state index contributed by atoms with van der Waals surface area (Å²) in [6.07, 6.45) is 3.90. The number of nitrogens with zero attached hydrogens (tertiary/aromatic N) is 1. The third kappa shape index (κ3) is 3.05. The summed E-state index contributed by atoms with van der Waals surface area (Å²) in [6.45, 7) is 1.33. The van der Waals surface area contributed by atoms with E-state index in [1.54, 1.807) is 19.3 Å². The molecule has 0 aliphatic heterocycles. The first-order valence-electron chi connectivity index (χ1n) is 4.83. The van der Waals surface area contributed by atoms with Crippen LogP contribution in [0.1, 0.15) is 6.42 Å². The number of rotatable bonds is 6. The topological polar surface area (TPSA) is 65.2 Å². The maximum atomic E-state index is 11.9. The average Bonchev–Trinajstić information content (AvgIpc) is 2.71. The molecule has 1 heterocycles. The van der Waals surface area contributed by atoms with Gasteiger partial charge in [0.1, 0.15) is 0 Å². The number of hydrogen-bond acceptors (Lipinski definition) is 3. The Labute approximate surface area is 90.5 Å². The van der Waals surface area contributed by atoms with Crippen molar-refractivity contribution in [2.24, 2.45) is 0 Å². The van der Waals surface area contributed by atoms with Gasteiger partial charge < -0.3 is 10.3 Å². The highest BCUT2D eigenvalue weighted by Gasteiger charge is 2.19. The van der Waals surface area contributed by atoms with Gasteiger partial charge in [0.25, 0.3) is 0 Å². The Kier molecular flexibility index (Phi) is 4.31. The van der Waals surface area contributed by atoms with Crippen molar-refractivity contribution in [3.8, 4) is 0 Å². The van der Waals surface area contributed by atoms with Gasteiger partial charge in [-0.2, -0.15) is 0 Å². The van der Waals surface area contributed by atoms with Crippen LogP contribution in [0.4, 0.5) is 0 Å². The van der Waals surface area contributed by atoms with Gasteiger partial charge in [-0.25, -0.2) is 12.7 Å². The number of hydrogen-bond donors (Lipinski definition) is 2. The van der Waals surface area contributed by atoms with E-state index < -0.39 is 10.0 Å². The molecule has 0 unspecified atom stereocenters. The van der Waals surface area contributed by atoms with Gasteiger partial charge in [0.15, 0.2) is 0 Å². The minimum absolute atomic E-state index is 0.314. The highest BCUT2D eigenvalue weighted by Crippen LogP contribution is 2.12. The summed E-state index contributed by atoms with van der Waals surface area (Å²) >= 11 is 0. The summed E-state index contributed by atoms with van der Waals surface area (Å²) in [4.78, 5) is 3.05. The zero-order valence-corrected chi connectivity index (χ0v) is 9.84. The first-order valence-corrected chi connectivity index (χ1v) is 6.27. The van der Waals surface area contributed by atoms with Crippen LogP contribution in [-0.2, 0) is 10.0 Å². The second-order valence-corrected chi connectivity index (χ2v) is 5.38. The molecule has 5 nitrogen and oxygen atoms in total. The summed E-state index contributed by atoms with van der Waals surface area (Å²) in [7, 11) is 0.141. The Morgan fingerprint density at radius 1 is 1.53 bits per heavy atom. The molecule has 1 aromatic heterocycles. The monoisotopic (exact) mass is 231 g/mol. The van der Waals surface area contributed by atoms with Gasteiger partial charge in [-0.3, -0.25) is 0 Å². The summed E-state index contributed by atoms with van der Waals surface area (Å²) in [5.74, 6) is 0. The lowest BCUT2D eigenvalue weighted by Crippen LogP contribution is -2.29. The number of nitrogens with one attached hydrogen (secondary N) is 2. The fourth-order valence-corrected chi connectivity index (χ4v) is 2.43. The van der Waals surface area contributed by atoms with E-state index in [0.29, 0.717) is 11.4 Å². The molecule has 6 heteroatoms. The molecule has 2 N–H and O–H groups in total. The largest absolute Gasteiger partial charge is 0.366 e. The molecule has 0 aliphatic rings. The molecule has 1 aromatic rings. The molecule has 0 aromatic carbocycles. The van der Waals surface area contributed by atoms with Crippen LogP contribution in [0, 0.1) is 0 Å². The van der Waals surface area contributed by atoms with Crippen molar-refractivity contribution < 1.29 is 8.42 Å². The zero-order valence-electron chi connectivity index (χ0n) is 9.03. The van der Waals surface area contributed by atoms with E-state index in [1.807, 2.05) is 7.05 Å². The predicted octanol–water partition coefficient (Wildman–Crippen LogP) is 0.245. The van der Waals surface area contributed by atoms with Gasteiger partial charge >= 0.3 is 0 Å². The molecule has 0 bridgehead atoms. The highest BCUT2D eigenvalue weighted by atomic mass is 32.2. The molecular weight excluding hydrogens is 214 g/mol. The standard InChI is InChI=1S/C9H17N3O2S/c1-10-5-3-7-12(2)15(13,14)9-4-6-11-8-9/h4,6,8,10-11H,3,5,7H2,1-2H3. The summed E-state index contributed by atoms with van der Waals surface area (Å²) < 4.78 is 25.1. The van der Waals surface area contributed by atoms with E-state index in [4.69, 9.17) is 0 Å². The second-order valence-electron chi connectivity index (χ2n) is 3.33. The third-order valence-corrected chi connectivity index (χ3v) is 4.03. The van der Waals surface area contributed by atoms with Gasteiger partial charge in [-0.05, 0) is 26.1 Å². The number of aromatic nitrogens is 1. The van der Waals surface area contributed by atoms with Crippen LogP contribution in [0.25, 0.3) is 0 Å². The zero-order chi connectivity index (χ0) is 11.3. The minimum Gasteiger partial charge on any atom is -0.366 e. The Balaban J connectivity index is 2.62. The van der Waals surface area contributed by atoms with E-state index >= 15 is 0 Å². The first-order chi connectivity index (χ1) is 7.09. The normalized spacial score (nSPS) is 12.2. The van der Waals surface area contributed by atoms with E-state index in [2.05, 4.69) is 10.3 Å². The lowest BCUT2D eigenvalue weighted by Gasteiger charge is -2.15. The molecule has 0 aliphatic carbocycles. The van der Waals surface area contributed by atoms with Crippen LogP contribution >= 0.6 is 0 Å². The van der Waals surface area contributed by atoms with Crippen molar-refractivity contribution >= 4 is 10.0 Å². The van der Waals surface area contributed by atoms with Crippen LogP contribution in [0.15, 0.2) is 23.4 Å². The molecule has 0 spiro atoms. The molecule has 0 atom stereocenters. The van der Waals surface area contributed by atoms with Crippen LogP contribution in [0.5, 0.6) is 0 Å². The van der Waals surface area contributed by atoms with Crippen molar-refractivity contribution in [1.29, 1.82) is 0 Å². The molecule has 0 saturated carbocycles. The Morgan fingerprint density at radius 3 is 2.80 bits per heavy atom. The second kappa shape index (κ2) is 5.29. The van der Waals surface area contributed by atoms with Gasteiger partial charge in [-0.1, -0.05) is 0 Å². The van der Waals surface area contributed by atoms with E-state index in [0.717, 1.165) is 13.0 Å². The lowest BCUT2D eigenvalue weighted by molar-refractivity contribution is 0.458. The number of H-pyrrole nitrogens is 1. The Hall–Kier alpha value is -0.850. The number of sulfonamides is 1. The van der Waals surface area contributed by atoms with Crippen molar-refractivity contribution in [1.82, 2.24) is 14.6 Å². The van der Waals surface area contributed by atoms with Crippen LogP contribution in [0.3, 0.4) is 0 Å². The molecule has 0 radical (unpaired) electrons. The SMILES string of the molecule is CNCCCN(C)S(=O)(=O)c1cc[nH]c1. The molecule has 0 saturated heterocycles. The first kappa shape index (κ1) is 12.2. The summed E-state index contributed by atoms with van der Waals surface area (Å²) in [6, 6.07) is 1.56. The maximum Gasteiger partial charge on any atom is 0.244 e. The fraction of sp³-hybridized carbons (Fsp3) is 0.556. The van der Waals surface area contributed by atoms with Gasteiger partial charge in [0.2, 0.25) is 10.0 Å². The van der Waals surface area contributed by atoms with Crippen molar-refractivity contribution in [3.05, 3.63) is 18.5 Å². The molecule has 1 rings (SSSR count). The summed E-state index contributed by atoms with van der Waals surface area (Å²) in [5, 5.41) is 2.98. The Morgan fingerprint density at radius 2 is 2.27 bits per heavy atom. The maximum absolute atomic E-state index is 11.9. The van der Waals surface area contributed by atoms with E-state index in [9.17, 15) is 8.42 Å². The molecular formula is C9H17N3O2S. The van der Waals surface area contributed by atoms with Gasteiger partial charge in [0, 0.05) is 26.0 Å². The van der Waals surface area contributed by atoms with Crippen molar-refractivity contribution in [2.75, 3.05) is 27.2 Å². The molecule has 86 valence electrons. The van der Waals surface area contributed by atoms with Gasteiger partial charge in [-0.15, -0.1) is 0 Å². The van der Waals surface area contributed by atoms with Crippen LogP contribution < -0.4 is 5.32 Å². The minimum atomic E-state index is -3.30. The smallest absolute Gasteiger partial charge is 0.244 e. The highest BCUT2D eigenvalue weighted by molar-refractivity contribution is 7.89. The number of aromatic amines is 1. The third-order valence-electron chi connectivity index (χ3n) is 2.18. The predicted molar refractivity (Wildman–Crippen MR) is 59.2 cm³/mol. The lowest BCUT2D eigenvalue weighted by atomic mass is 10.4. The molecule has 0 amide bonds. The van der Waals surface area contributed by atoms with Crippen molar-refractivity contribution in [3.63, 3.8) is 0 Å². The van der Waals surface area contributed by atoms with Crippen molar-refractivity contribution in [2.45, 2.75) is 11.3 Å². The fourth-order valence-electron chi connectivity index (χ4n) is 1.25. The quantitative estimate of drug-likeness (QED) is 0.690. The summed E-state index contributed by atoms with van der Waals surface area (Å²) in [5.41, 5.74) is 0. The van der Waals surface area contributed by atoms with Crippen LogP contribution in [0.2, 0.25) is 0 Å². The Bertz CT molecular complexity index is 372.